The van der Waals surface area contributed by atoms with Gasteiger partial charge in [0.05, 0.1) is 0 Å². The highest BCUT2D eigenvalue weighted by atomic mass is 19.4. The van der Waals surface area contributed by atoms with Gasteiger partial charge in [0.15, 0.2) is 5.60 Å². The van der Waals surface area contributed by atoms with Crippen molar-refractivity contribution < 1.29 is 27.8 Å². The van der Waals surface area contributed by atoms with Gasteiger partial charge >= 0.3 is 12.3 Å². The summed E-state index contributed by atoms with van der Waals surface area (Å²) in [5.74, 6) is -1.70. The predicted octanol–water partition coefficient (Wildman–Crippen LogP) is 2.99. The second-order valence-electron chi connectivity index (χ2n) is 7.11. The highest BCUT2D eigenvalue weighted by Crippen LogP contribution is 2.56. The minimum absolute atomic E-state index is 0.131. The van der Waals surface area contributed by atoms with Crippen LogP contribution in [0.1, 0.15) is 46.5 Å². The molecule has 0 aromatic rings. The van der Waals surface area contributed by atoms with Crippen LogP contribution in [-0.4, -0.2) is 34.6 Å². The minimum Gasteiger partial charge on any atom is -0.444 e. The number of nitrogens with one attached hydrogen (secondary N) is 1. The molecule has 2 aliphatic rings. The van der Waals surface area contributed by atoms with E-state index in [0.29, 0.717) is 12.8 Å². The number of alkyl carbamates (subject to hydrolysis) is 1. The van der Waals surface area contributed by atoms with Crippen molar-refractivity contribution in [1.29, 1.82) is 0 Å². The maximum absolute atomic E-state index is 13.1. The lowest BCUT2D eigenvalue weighted by Crippen LogP contribution is -2.59. The first kappa shape index (κ1) is 16.4. The first-order chi connectivity index (χ1) is 9.43. The van der Waals surface area contributed by atoms with E-state index in [4.69, 9.17) is 4.74 Å². The minimum atomic E-state index is -4.62. The van der Waals surface area contributed by atoms with Gasteiger partial charge in [0.25, 0.3) is 0 Å². The van der Waals surface area contributed by atoms with Crippen LogP contribution in [0.15, 0.2) is 0 Å². The van der Waals surface area contributed by atoms with Gasteiger partial charge in [-0.15, -0.1) is 0 Å². The van der Waals surface area contributed by atoms with E-state index in [2.05, 4.69) is 5.32 Å². The molecule has 0 spiro atoms. The van der Waals surface area contributed by atoms with Crippen molar-refractivity contribution in [2.24, 2.45) is 11.8 Å². The Morgan fingerprint density at radius 3 is 2.05 bits per heavy atom. The summed E-state index contributed by atoms with van der Waals surface area (Å²) in [7, 11) is 0. The fourth-order valence-electron chi connectivity index (χ4n) is 3.61. The van der Waals surface area contributed by atoms with Gasteiger partial charge in [-0.3, -0.25) is 0 Å². The molecule has 2 rings (SSSR count). The molecular weight excluding hydrogens is 287 g/mol. The zero-order chi connectivity index (χ0) is 16.1. The maximum atomic E-state index is 13.1. The van der Waals surface area contributed by atoms with Gasteiger partial charge in [-0.05, 0) is 58.3 Å². The van der Waals surface area contributed by atoms with E-state index in [1.165, 1.54) is 0 Å². The van der Waals surface area contributed by atoms with E-state index in [1.807, 2.05) is 0 Å². The van der Waals surface area contributed by atoms with Crippen molar-refractivity contribution in [3.63, 3.8) is 0 Å². The summed E-state index contributed by atoms with van der Waals surface area (Å²) in [5, 5.41) is 12.7. The number of fused-ring (bicyclic) bond motifs is 2. The van der Waals surface area contributed by atoms with Gasteiger partial charge < -0.3 is 15.2 Å². The van der Waals surface area contributed by atoms with Gasteiger partial charge in [0, 0.05) is 6.04 Å². The third-order valence-corrected chi connectivity index (χ3v) is 4.42. The normalized spacial score (nSPS) is 36.4. The molecule has 4 nitrogen and oxygen atoms in total. The van der Waals surface area contributed by atoms with Crippen LogP contribution in [0.5, 0.6) is 0 Å². The zero-order valence-electron chi connectivity index (χ0n) is 12.5. The van der Waals surface area contributed by atoms with Crippen LogP contribution < -0.4 is 5.32 Å². The Balaban J connectivity index is 2.00. The van der Waals surface area contributed by atoms with Crippen LogP contribution in [0.25, 0.3) is 0 Å². The number of hydrogen-bond donors (Lipinski definition) is 2. The number of aliphatic hydroxyl groups is 1. The van der Waals surface area contributed by atoms with Crippen molar-refractivity contribution in [2.45, 2.75) is 69.9 Å². The molecular formula is C14H22F3NO3. The Morgan fingerprint density at radius 1 is 1.19 bits per heavy atom. The molecule has 2 atom stereocenters. The summed E-state index contributed by atoms with van der Waals surface area (Å²) in [6.45, 7) is 5.17. The third kappa shape index (κ3) is 3.12. The molecule has 7 heteroatoms. The van der Waals surface area contributed by atoms with Crippen molar-refractivity contribution in [3.8, 4) is 0 Å². The molecule has 1 amide bonds. The lowest BCUT2D eigenvalue weighted by atomic mass is 9.72. The number of carbonyl (C=O) groups excluding carboxylic acids is 1. The number of rotatable bonds is 1. The second-order valence-corrected chi connectivity index (χ2v) is 7.11. The number of alkyl halides is 3. The molecule has 21 heavy (non-hydrogen) atoms. The lowest BCUT2D eigenvalue weighted by molar-refractivity contribution is -0.295. The standard InChI is InChI=1S/C14H22F3NO3/c1-12(2,3)21-11(19)18-10-6-8-4-5-9(7-10)13(8,20)14(15,16)17/h8-10,20H,4-7H2,1-3H3,(H,18,19)/t8-,9-,10?,13?/m0/s1. The Labute approximate surface area is 122 Å². The average molecular weight is 309 g/mol. The van der Waals surface area contributed by atoms with E-state index in [-0.39, 0.29) is 18.9 Å². The lowest BCUT2D eigenvalue weighted by Gasteiger charge is -2.43. The number of halogens is 3. The number of carbonyl (C=O) groups is 1. The Bertz CT molecular complexity index is 403. The molecule has 122 valence electrons. The molecule has 0 radical (unpaired) electrons. The monoisotopic (exact) mass is 309 g/mol. The molecule has 2 fully saturated rings. The molecule has 0 aromatic carbocycles. The van der Waals surface area contributed by atoms with Crippen LogP contribution in [0.2, 0.25) is 0 Å². The molecule has 0 aliphatic heterocycles. The molecule has 0 unspecified atom stereocenters. The molecule has 2 saturated carbocycles. The van der Waals surface area contributed by atoms with Crippen LogP contribution in [0.4, 0.5) is 18.0 Å². The third-order valence-electron chi connectivity index (χ3n) is 4.42. The van der Waals surface area contributed by atoms with Crippen LogP contribution in [0.3, 0.4) is 0 Å². The van der Waals surface area contributed by atoms with Gasteiger partial charge in [0.2, 0.25) is 0 Å². The molecule has 2 aliphatic carbocycles. The van der Waals surface area contributed by atoms with Gasteiger partial charge in [-0.25, -0.2) is 4.79 Å². The van der Waals surface area contributed by atoms with Crippen molar-refractivity contribution >= 4 is 6.09 Å². The smallest absolute Gasteiger partial charge is 0.417 e. The Morgan fingerprint density at radius 2 is 1.67 bits per heavy atom. The molecule has 2 bridgehead atoms. The number of amides is 1. The van der Waals surface area contributed by atoms with Crippen molar-refractivity contribution in [2.75, 3.05) is 0 Å². The Hall–Kier alpha value is -0.980. The Kier molecular flexibility index (Phi) is 3.93. The van der Waals surface area contributed by atoms with E-state index in [9.17, 15) is 23.1 Å². The van der Waals surface area contributed by atoms with Crippen LogP contribution >= 0.6 is 0 Å². The van der Waals surface area contributed by atoms with E-state index in [1.54, 1.807) is 20.8 Å². The summed E-state index contributed by atoms with van der Waals surface area (Å²) in [4.78, 5) is 11.7. The van der Waals surface area contributed by atoms with Crippen LogP contribution in [0, 0.1) is 11.8 Å². The first-order valence-electron chi connectivity index (χ1n) is 7.22. The quantitative estimate of drug-likeness (QED) is 0.783. The summed E-state index contributed by atoms with van der Waals surface area (Å²) in [5.41, 5.74) is -3.25. The van der Waals surface area contributed by atoms with Gasteiger partial charge in [-0.2, -0.15) is 13.2 Å². The van der Waals surface area contributed by atoms with E-state index >= 15 is 0 Å². The summed E-state index contributed by atoms with van der Waals surface area (Å²) < 4.78 is 44.5. The average Bonchev–Trinajstić information content (AvgIpc) is 2.46. The SMILES string of the molecule is CC(C)(C)OC(=O)NC1C[C@@H]2CC[C@@H](C1)C2(O)C(F)(F)F. The summed E-state index contributed by atoms with van der Waals surface area (Å²) in [6, 6.07) is -0.375. The zero-order valence-corrected chi connectivity index (χ0v) is 12.5. The largest absolute Gasteiger partial charge is 0.444 e. The molecule has 0 saturated heterocycles. The molecule has 0 heterocycles. The fraction of sp³-hybridized carbons (Fsp3) is 0.929. The van der Waals surface area contributed by atoms with Crippen LogP contribution in [-0.2, 0) is 4.74 Å². The van der Waals surface area contributed by atoms with Gasteiger partial charge in [-0.1, -0.05) is 0 Å². The van der Waals surface area contributed by atoms with Gasteiger partial charge in [0.1, 0.15) is 5.60 Å². The van der Waals surface area contributed by atoms with Crippen molar-refractivity contribution in [3.05, 3.63) is 0 Å². The molecule has 2 N–H and O–H groups in total. The van der Waals surface area contributed by atoms with Crippen molar-refractivity contribution in [1.82, 2.24) is 5.32 Å². The summed E-state index contributed by atoms with van der Waals surface area (Å²) >= 11 is 0. The van der Waals surface area contributed by atoms with E-state index in [0.717, 1.165) is 0 Å². The first-order valence-corrected chi connectivity index (χ1v) is 7.22. The topological polar surface area (TPSA) is 58.6 Å². The summed E-state index contributed by atoms with van der Waals surface area (Å²) in [6.07, 6.45) is -4.29. The number of hydrogen-bond acceptors (Lipinski definition) is 3. The highest BCUT2D eigenvalue weighted by Gasteiger charge is 2.67. The second kappa shape index (κ2) is 5.04. The maximum Gasteiger partial charge on any atom is 0.417 e. The predicted molar refractivity (Wildman–Crippen MR) is 69.6 cm³/mol. The fourth-order valence-corrected chi connectivity index (χ4v) is 3.61. The van der Waals surface area contributed by atoms with E-state index < -0.39 is 35.3 Å². The number of ether oxygens (including phenoxy) is 1. The molecule has 0 aromatic heterocycles. The highest BCUT2D eigenvalue weighted by molar-refractivity contribution is 5.68.